The summed E-state index contributed by atoms with van der Waals surface area (Å²) in [4.78, 5) is 4.10. The van der Waals surface area contributed by atoms with E-state index in [0.717, 1.165) is 18.7 Å². The Morgan fingerprint density at radius 1 is 1.33 bits per heavy atom. The lowest BCUT2D eigenvalue weighted by Crippen LogP contribution is -2.13. The molecule has 4 nitrogen and oxygen atoms in total. The first kappa shape index (κ1) is 9.86. The maximum atomic E-state index is 4.10. The molecule has 0 aliphatic heterocycles. The summed E-state index contributed by atoms with van der Waals surface area (Å²) in [6.07, 6.45) is 7.43. The zero-order chi connectivity index (χ0) is 10.5. The first-order chi connectivity index (χ1) is 7.36. The number of aryl methyl sites for hydroxylation is 1. The van der Waals surface area contributed by atoms with Crippen LogP contribution in [0.1, 0.15) is 16.7 Å². The fourth-order valence-electron chi connectivity index (χ4n) is 1.40. The van der Waals surface area contributed by atoms with Crippen molar-refractivity contribution < 1.29 is 0 Å². The molecule has 0 amide bonds. The number of aromatic amines is 1. The highest BCUT2D eigenvalue weighted by molar-refractivity contribution is 5.21. The van der Waals surface area contributed by atoms with Crippen LogP contribution in [0.25, 0.3) is 0 Å². The average Bonchev–Trinajstić information content (AvgIpc) is 2.74. The van der Waals surface area contributed by atoms with Gasteiger partial charge in [0.2, 0.25) is 0 Å². The number of nitrogens with zero attached hydrogens (tertiary/aromatic N) is 2. The number of pyridine rings is 1. The zero-order valence-corrected chi connectivity index (χ0v) is 8.70. The van der Waals surface area contributed by atoms with Gasteiger partial charge in [-0.15, -0.1) is 0 Å². The summed E-state index contributed by atoms with van der Waals surface area (Å²) < 4.78 is 0. The van der Waals surface area contributed by atoms with Gasteiger partial charge in [-0.05, 0) is 24.1 Å². The van der Waals surface area contributed by atoms with Crippen LogP contribution in [0.2, 0.25) is 0 Å². The quantitative estimate of drug-likeness (QED) is 0.788. The fraction of sp³-hybridized carbons (Fsp3) is 0.273. The summed E-state index contributed by atoms with van der Waals surface area (Å²) in [6, 6.07) is 2.02. The highest BCUT2D eigenvalue weighted by Crippen LogP contribution is 2.04. The maximum absolute atomic E-state index is 4.10. The van der Waals surface area contributed by atoms with Crippen LogP contribution in [0, 0.1) is 6.92 Å². The Kier molecular flexibility index (Phi) is 3.09. The molecule has 0 unspecified atom stereocenters. The van der Waals surface area contributed by atoms with Gasteiger partial charge < -0.3 is 5.32 Å². The Hall–Kier alpha value is -1.68. The summed E-state index contributed by atoms with van der Waals surface area (Å²) in [5, 5.41) is 10.0. The lowest BCUT2D eigenvalue weighted by atomic mass is 10.1. The Morgan fingerprint density at radius 2 is 2.27 bits per heavy atom. The second-order valence-electron chi connectivity index (χ2n) is 3.51. The lowest BCUT2D eigenvalue weighted by molar-refractivity contribution is 0.689. The topological polar surface area (TPSA) is 53.6 Å². The molecule has 0 saturated carbocycles. The minimum atomic E-state index is 0.824. The highest BCUT2D eigenvalue weighted by Gasteiger charge is 1.97. The Bertz CT molecular complexity index is 408. The Labute approximate surface area is 88.8 Å². The molecule has 0 saturated heterocycles. The van der Waals surface area contributed by atoms with Gasteiger partial charge in [-0.1, -0.05) is 0 Å². The van der Waals surface area contributed by atoms with Crippen LogP contribution >= 0.6 is 0 Å². The Morgan fingerprint density at radius 3 is 3.00 bits per heavy atom. The van der Waals surface area contributed by atoms with E-state index in [1.165, 1.54) is 11.1 Å². The van der Waals surface area contributed by atoms with Crippen molar-refractivity contribution in [3.8, 4) is 0 Å². The maximum Gasteiger partial charge on any atom is 0.0532 e. The van der Waals surface area contributed by atoms with Gasteiger partial charge in [-0.25, -0.2) is 0 Å². The van der Waals surface area contributed by atoms with Crippen LogP contribution in [-0.4, -0.2) is 15.2 Å². The molecule has 0 aliphatic carbocycles. The molecule has 2 rings (SSSR count). The summed E-state index contributed by atoms with van der Waals surface area (Å²) in [6.45, 7) is 3.76. The van der Waals surface area contributed by atoms with Gasteiger partial charge >= 0.3 is 0 Å². The number of H-pyrrole nitrogens is 1. The molecule has 0 spiro atoms. The summed E-state index contributed by atoms with van der Waals surface area (Å²) in [5.41, 5.74) is 3.67. The van der Waals surface area contributed by atoms with Crippen molar-refractivity contribution in [2.24, 2.45) is 0 Å². The minimum absolute atomic E-state index is 0.824. The predicted molar refractivity (Wildman–Crippen MR) is 58.1 cm³/mol. The largest absolute Gasteiger partial charge is 0.308 e. The molecule has 4 heteroatoms. The van der Waals surface area contributed by atoms with Gasteiger partial charge in [0.1, 0.15) is 0 Å². The molecule has 2 N–H and O–H groups in total. The molecular formula is C11H14N4. The summed E-state index contributed by atoms with van der Waals surface area (Å²) in [7, 11) is 0. The molecule has 0 aromatic carbocycles. The molecule has 2 aromatic heterocycles. The van der Waals surface area contributed by atoms with Gasteiger partial charge in [0, 0.05) is 37.2 Å². The van der Waals surface area contributed by atoms with E-state index in [1.807, 2.05) is 30.9 Å². The molecule has 0 fully saturated rings. The highest BCUT2D eigenvalue weighted by atomic mass is 15.1. The van der Waals surface area contributed by atoms with Crippen LogP contribution in [0.3, 0.4) is 0 Å². The van der Waals surface area contributed by atoms with Crippen molar-refractivity contribution >= 4 is 0 Å². The number of hydrogen-bond donors (Lipinski definition) is 2. The first-order valence-corrected chi connectivity index (χ1v) is 4.94. The third kappa shape index (κ3) is 2.63. The number of hydrogen-bond acceptors (Lipinski definition) is 3. The fourth-order valence-corrected chi connectivity index (χ4v) is 1.40. The molecular weight excluding hydrogens is 188 g/mol. The van der Waals surface area contributed by atoms with Crippen LogP contribution in [0.5, 0.6) is 0 Å². The van der Waals surface area contributed by atoms with Crippen LogP contribution in [0.4, 0.5) is 0 Å². The number of rotatable bonds is 4. The van der Waals surface area contributed by atoms with E-state index in [-0.39, 0.29) is 0 Å². The molecule has 0 aliphatic rings. The summed E-state index contributed by atoms with van der Waals surface area (Å²) >= 11 is 0. The third-order valence-corrected chi connectivity index (χ3v) is 2.35. The van der Waals surface area contributed by atoms with E-state index in [2.05, 4.69) is 27.4 Å². The third-order valence-electron chi connectivity index (χ3n) is 2.35. The number of nitrogens with one attached hydrogen (secondary N) is 2. The van der Waals surface area contributed by atoms with Crippen molar-refractivity contribution in [1.82, 2.24) is 20.5 Å². The van der Waals surface area contributed by atoms with Crippen LogP contribution < -0.4 is 5.32 Å². The molecule has 2 heterocycles. The van der Waals surface area contributed by atoms with Crippen molar-refractivity contribution in [1.29, 1.82) is 0 Å². The van der Waals surface area contributed by atoms with E-state index in [0.29, 0.717) is 0 Å². The SMILES string of the molecule is Cc1ccncc1CNCc1cn[nH]c1. The van der Waals surface area contributed by atoms with E-state index in [1.54, 1.807) is 0 Å². The van der Waals surface area contributed by atoms with E-state index in [9.17, 15) is 0 Å². The van der Waals surface area contributed by atoms with Crippen molar-refractivity contribution in [3.05, 3.63) is 47.5 Å². The Balaban J connectivity index is 1.86. The van der Waals surface area contributed by atoms with Gasteiger partial charge in [0.25, 0.3) is 0 Å². The zero-order valence-electron chi connectivity index (χ0n) is 8.70. The first-order valence-electron chi connectivity index (χ1n) is 4.94. The molecule has 0 radical (unpaired) electrons. The monoisotopic (exact) mass is 202 g/mol. The number of aromatic nitrogens is 3. The van der Waals surface area contributed by atoms with Crippen molar-refractivity contribution in [2.75, 3.05) is 0 Å². The van der Waals surface area contributed by atoms with Gasteiger partial charge in [0.05, 0.1) is 6.20 Å². The van der Waals surface area contributed by atoms with Crippen LogP contribution in [-0.2, 0) is 13.1 Å². The molecule has 15 heavy (non-hydrogen) atoms. The van der Waals surface area contributed by atoms with Crippen LogP contribution in [0.15, 0.2) is 30.9 Å². The van der Waals surface area contributed by atoms with Crippen molar-refractivity contribution in [2.45, 2.75) is 20.0 Å². The normalized spacial score (nSPS) is 10.5. The molecule has 0 atom stereocenters. The van der Waals surface area contributed by atoms with E-state index in [4.69, 9.17) is 0 Å². The second-order valence-corrected chi connectivity index (χ2v) is 3.51. The van der Waals surface area contributed by atoms with E-state index >= 15 is 0 Å². The van der Waals surface area contributed by atoms with Crippen molar-refractivity contribution in [3.63, 3.8) is 0 Å². The van der Waals surface area contributed by atoms with Gasteiger partial charge in [-0.3, -0.25) is 10.1 Å². The average molecular weight is 202 g/mol. The lowest BCUT2D eigenvalue weighted by Gasteiger charge is -2.05. The predicted octanol–water partition coefficient (Wildman–Crippen LogP) is 1.40. The minimum Gasteiger partial charge on any atom is -0.308 e. The van der Waals surface area contributed by atoms with Gasteiger partial charge in [0.15, 0.2) is 0 Å². The molecule has 2 aromatic rings. The summed E-state index contributed by atoms with van der Waals surface area (Å²) in [5.74, 6) is 0. The molecule has 78 valence electrons. The second kappa shape index (κ2) is 4.70. The molecule has 0 bridgehead atoms. The van der Waals surface area contributed by atoms with Gasteiger partial charge in [-0.2, -0.15) is 5.10 Å². The standard InChI is InChI=1S/C11H14N4/c1-9-2-3-12-7-11(9)8-13-4-10-5-14-15-6-10/h2-3,5-7,13H,4,8H2,1H3,(H,14,15). The van der Waals surface area contributed by atoms with E-state index < -0.39 is 0 Å². The smallest absolute Gasteiger partial charge is 0.0532 e.